The van der Waals surface area contributed by atoms with Gasteiger partial charge in [0.25, 0.3) is 0 Å². The minimum atomic E-state index is -0.437. The zero-order valence-corrected chi connectivity index (χ0v) is 14.8. The molecule has 128 valence electrons. The second-order valence-electron chi connectivity index (χ2n) is 8.11. The number of carbonyl (C=O) groups excluding carboxylic acids is 1. The first-order chi connectivity index (χ1) is 10.2. The molecular weight excluding hydrogens is 278 g/mol. The number of carbonyl (C=O) groups is 1. The molecule has 0 bridgehead atoms. The van der Waals surface area contributed by atoms with Crippen molar-refractivity contribution in [2.24, 2.45) is 5.73 Å². The number of amides is 1. The minimum absolute atomic E-state index is 0.183. The number of rotatable bonds is 1. The lowest BCUT2D eigenvalue weighted by Gasteiger charge is -2.48. The summed E-state index contributed by atoms with van der Waals surface area (Å²) >= 11 is 0. The van der Waals surface area contributed by atoms with Gasteiger partial charge < -0.3 is 15.4 Å². The smallest absolute Gasteiger partial charge is 0.410 e. The van der Waals surface area contributed by atoms with Gasteiger partial charge >= 0.3 is 6.09 Å². The average molecular weight is 311 g/mol. The van der Waals surface area contributed by atoms with E-state index in [9.17, 15) is 4.79 Å². The van der Waals surface area contributed by atoms with Gasteiger partial charge in [0, 0.05) is 37.3 Å². The number of piperazine rings is 1. The fourth-order valence-electron chi connectivity index (χ4n) is 3.80. The van der Waals surface area contributed by atoms with Gasteiger partial charge in [-0.15, -0.1) is 0 Å². The lowest BCUT2D eigenvalue weighted by Crippen LogP contribution is -2.61. The number of ether oxygens (including phenoxy) is 1. The molecule has 5 heteroatoms. The molecule has 2 N–H and O–H groups in total. The molecule has 1 aliphatic carbocycles. The van der Waals surface area contributed by atoms with E-state index in [-0.39, 0.29) is 18.2 Å². The van der Waals surface area contributed by atoms with Crippen molar-refractivity contribution in [3.05, 3.63) is 0 Å². The Labute approximate surface area is 135 Å². The third-order valence-corrected chi connectivity index (χ3v) is 4.81. The second-order valence-corrected chi connectivity index (χ2v) is 8.11. The van der Waals surface area contributed by atoms with Gasteiger partial charge in [-0.1, -0.05) is 0 Å². The molecule has 0 radical (unpaired) electrons. The van der Waals surface area contributed by atoms with Gasteiger partial charge in [-0.2, -0.15) is 0 Å². The molecule has 1 amide bonds. The van der Waals surface area contributed by atoms with E-state index in [4.69, 9.17) is 10.5 Å². The van der Waals surface area contributed by atoms with Gasteiger partial charge in [-0.3, -0.25) is 4.90 Å². The fourth-order valence-corrected chi connectivity index (χ4v) is 3.80. The quantitative estimate of drug-likeness (QED) is 0.808. The zero-order chi connectivity index (χ0) is 16.5. The topological polar surface area (TPSA) is 58.8 Å². The summed E-state index contributed by atoms with van der Waals surface area (Å²) in [7, 11) is 0. The Kier molecular flexibility index (Phi) is 5.38. The first kappa shape index (κ1) is 17.5. The molecule has 1 saturated carbocycles. The molecule has 1 heterocycles. The Morgan fingerprint density at radius 2 is 1.55 bits per heavy atom. The summed E-state index contributed by atoms with van der Waals surface area (Å²) in [6.07, 6.45) is 4.44. The van der Waals surface area contributed by atoms with Gasteiger partial charge in [0.1, 0.15) is 5.60 Å². The van der Waals surface area contributed by atoms with Crippen LogP contribution >= 0.6 is 0 Å². The summed E-state index contributed by atoms with van der Waals surface area (Å²) in [6, 6.07) is 1.39. The monoisotopic (exact) mass is 311 g/mol. The minimum Gasteiger partial charge on any atom is -0.444 e. The zero-order valence-electron chi connectivity index (χ0n) is 14.8. The van der Waals surface area contributed by atoms with E-state index in [0.29, 0.717) is 12.1 Å². The van der Waals surface area contributed by atoms with Crippen molar-refractivity contribution >= 4 is 6.09 Å². The van der Waals surface area contributed by atoms with Crippen LogP contribution in [0.2, 0.25) is 0 Å². The van der Waals surface area contributed by atoms with E-state index in [2.05, 4.69) is 18.7 Å². The lowest BCUT2D eigenvalue weighted by molar-refractivity contribution is -0.0259. The number of hydrogen-bond donors (Lipinski definition) is 1. The predicted molar refractivity (Wildman–Crippen MR) is 88.8 cm³/mol. The molecule has 2 rings (SSSR count). The maximum absolute atomic E-state index is 12.4. The van der Waals surface area contributed by atoms with Crippen molar-refractivity contribution in [3.63, 3.8) is 0 Å². The Balaban J connectivity index is 1.95. The first-order valence-electron chi connectivity index (χ1n) is 8.68. The van der Waals surface area contributed by atoms with Crippen LogP contribution in [0.15, 0.2) is 0 Å². The van der Waals surface area contributed by atoms with Gasteiger partial charge in [0.05, 0.1) is 0 Å². The van der Waals surface area contributed by atoms with Crippen molar-refractivity contribution in [2.75, 3.05) is 13.1 Å². The summed E-state index contributed by atoms with van der Waals surface area (Å²) in [4.78, 5) is 16.9. The van der Waals surface area contributed by atoms with Crippen molar-refractivity contribution in [1.29, 1.82) is 0 Å². The molecule has 1 saturated heterocycles. The SMILES string of the molecule is C[C@@H]1CN(C2CCC(N)CC2)C[C@H](C)N1C(=O)OC(C)(C)C. The highest BCUT2D eigenvalue weighted by Crippen LogP contribution is 2.27. The van der Waals surface area contributed by atoms with E-state index in [1.165, 1.54) is 12.8 Å². The Bertz CT molecular complexity index is 374. The maximum Gasteiger partial charge on any atom is 0.410 e. The molecular formula is C17H33N3O2. The molecule has 0 spiro atoms. The molecule has 1 aliphatic heterocycles. The van der Waals surface area contributed by atoms with Gasteiger partial charge in [0.15, 0.2) is 0 Å². The lowest BCUT2D eigenvalue weighted by atomic mass is 9.89. The standard InChI is InChI=1S/C17H33N3O2/c1-12-10-19(15-8-6-14(18)7-9-15)11-13(2)20(12)16(21)22-17(3,4)5/h12-15H,6-11,18H2,1-5H3/t12-,13+,14?,15?. The molecule has 2 fully saturated rings. The van der Waals surface area contributed by atoms with Gasteiger partial charge in [0.2, 0.25) is 0 Å². The fraction of sp³-hybridized carbons (Fsp3) is 0.941. The van der Waals surface area contributed by atoms with Crippen molar-refractivity contribution < 1.29 is 9.53 Å². The molecule has 0 aromatic heterocycles. The summed E-state index contributed by atoms with van der Waals surface area (Å²) in [5.74, 6) is 0. The van der Waals surface area contributed by atoms with Crippen LogP contribution in [0.1, 0.15) is 60.3 Å². The predicted octanol–water partition coefficient (Wildman–Crippen LogP) is 2.59. The highest BCUT2D eigenvalue weighted by atomic mass is 16.6. The number of nitrogens with zero attached hydrogens (tertiary/aromatic N) is 2. The van der Waals surface area contributed by atoms with Crippen LogP contribution in [0.3, 0.4) is 0 Å². The largest absolute Gasteiger partial charge is 0.444 e. The molecule has 0 aromatic carbocycles. The number of hydrogen-bond acceptors (Lipinski definition) is 4. The molecule has 0 aromatic rings. The van der Waals surface area contributed by atoms with E-state index < -0.39 is 5.60 Å². The van der Waals surface area contributed by atoms with Crippen LogP contribution in [-0.2, 0) is 4.74 Å². The highest BCUT2D eigenvalue weighted by Gasteiger charge is 2.38. The molecule has 5 nitrogen and oxygen atoms in total. The van der Waals surface area contributed by atoms with Crippen molar-refractivity contribution in [3.8, 4) is 0 Å². The van der Waals surface area contributed by atoms with Crippen LogP contribution in [0.5, 0.6) is 0 Å². The summed E-state index contributed by atoms with van der Waals surface area (Å²) < 4.78 is 5.56. The van der Waals surface area contributed by atoms with E-state index in [0.717, 1.165) is 25.9 Å². The molecule has 0 unspecified atom stereocenters. The second kappa shape index (κ2) is 6.75. The van der Waals surface area contributed by atoms with E-state index in [1.54, 1.807) is 0 Å². The van der Waals surface area contributed by atoms with E-state index >= 15 is 0 Å². The van der Waals surface area contributed by atoms with Crippen LogP contribution < -0.4 is 5.73 Å². The van der Waals surface area contributed by atoms with Crippen LogP contribution in [0.4, 0.5) is 4.79 Å². The average Bonchev–Trinajstić information content (AvgIpc) is 2.36. The Hall–Kier alpha value is -0.810. The van der Waals surface area contributed by atoms with Gasteiger partial charge in [-0.05, 0) is 60.3 Å². The Morgan fingerprint density at radius 1 is 1.05 bits per heavy atom. The third-order valence-electron chi connectivity index (χ3n) is 4.81. The van der Waals surface area contributed by atoms with Crippen molar-refractivity contribution in [2.45, 2.75) is 90.1 Å². The Morgan fingerprint density at radius 3 is 2.00 bits per heavy atom. The normalized spacial score (nSPS) is 34.5. The highest BCUT2D eigenvalue weighted by molar-refractivity contribution is 5.69. The van der Waals surface area contributed by atoms with Gasteiger partial charge in [-0.25, -0.2) is 4.79 Å². The van der Waals surface area contributed by atoms with Crippen molar-refractivity contribution in [1.82, 2.24) is 9.80 Å². The van der Waals surface area contributed by atoms with Crippen LogP contribution in [0.25, 0.3) is 0 Å². The molecule has 2 atom stereocenters. The molecule has 2 aliphatic rings. The first-order valence-corrected chi connectivity index (χ1v) is 8.68. The summed E-state index contributed by atoms with van der Waals surface area (Å²) in [5, 5.41) is 0. The summed E-state index contributed by atoms with van der Waals surface area (Å²) in [6.45, 7) is 11.9. The van der Waals surface area contributed by atoms with Crippen LogP contribution in [0, 0.1) is 0 Å². The third kappa shape index (κ3) is 4.35. The van der Waals surface area contributed by atoms with E-state index in [1.807, 2.05) is 25.7 Å². The summed E-state index contributed by atoms with van der Waals surface area (Å²) in [5.41, 5.74) is 5.58. The maximum atomic E-state index is 12.4. The van der Waals surface area contributed by atoms with Crippen LogP contribution in [-0.4, -0.2) is 58.8 Å². The molecule has 22 heavy (non-hydrogen) atoms. The number of nitrogens with two attached hydrogens (primary N) is 1.